The van der Waals surface area contributed by atoms with Crippen LogP contribution in [0.15, 0.2) is 34.1 Å². The average Bonchev–Trinajstić information content (AvgIpc) is 3.30. The fourth-order valence-corrected chi connectivity index (χ4v) is 4.21. The summed E-state index contributed by atoms with van der Waals surface area (Å²) in [5, 5.41) is 2.36. The van der Waals surface area contributed by atoms with Gasteiger partial charge in [0, 0.05) is 10.8 Å². The molecule has 1 aliphatic heterocycles. The van der Waals surface area contributed by atoms with Gasteiger partial charge < -0.3 is 5.01 Å². The highest BCUT2D eigenvalue weighted by molar-refractivity contribution is 8.21. The molecule has 1 N–H and O–H groups in total. The number of fused-ring (bicyclic) bond motifs is 1. The summed E-state index contributed by atoms with van der Waals surface area (Å²) in [6.45, 7) is 2.14. The number of hydrogen-bond donors (Lipinski definition) is 1. The van der Waals surface area contributed by atoms with Gasteiger partial charge in [0.1, 0.15) is 0 Å². The van der Waals surface area contributed by atoms with E-state index in [1.807, 2.05) is 23.5 Å². The van der Waals surface area contributed by atoms with Crippen LogP contribution in [0.25, 0.3) is 0 Å². The van der Waals surface area contributed by atoms with Crippen molar-refractivity contribution in [3.05, 3.63) is 39.6 Å². The van der Waals surface area contributed by atoms with Gasteiger partial charge in [-0.25, -0.2) is 5.43 Å². The van der Waals surface area contributed by atoms with Gasteiger partial charge in [-0.05, 0) is 54.9 Å². The Kier molecular flexibility index (Phi) is 4.64. The molecule has 0 atom stereocenters. The van der Waals surface area contributed by atoms with E-state index < -0.39 is 0 Å². The van der Waals surface area contributed by atoms with Crippen molar-refractivity contribution < 1.29 is 0 Å². The molecule has 1 fully saturated rings. The zero-order valence-electron chi connectivity index (χ0n) is 12.2. The number of benzene rings is 1. The van der Waals surface area contributed by atoms with Crippen LogP contribution in [0.2, 0.25) is 0 Å². The Morgan fingerprint density at radius 2 is 2.00 bits per heavy atom. The fourth-order valence-electron chi connectivity index (χ4n) is 2.70. The predicted octanol–water partition coefficient (Wildman–Crippen LogP) is 3.90. The lowest BCUT2D eigenvalue weighted by Gasteiger charge is -2.34. The highest BCUT2D eigenvalue weighted by Crippen LogP contribution is 2.36. The van der Waals surface area contributed by atoms with Crippen LogP contribution in [0, 0.1) is 5.92 Å². The highest BCUT2D eigenvalue weighted by Gasteiger charge is 2.25. The predicted molar refractivity (Wildman–Crippen MR) is 92.3 cm³/mol. The van der Waals surface area contributed by atoms with Gasteiger partial charge in [0.25, 0.3) is 0 Å². The number of hydrazine groups is 1. The van der Waals surface area contributed by atoms with Crippen molar-refractivity contribution >= 4 is 29.2 Å². The molecule has 0 spiro atoms. The molecule has 1 saturated carbocycles. The number of rotatable bonds is 5. The molecule has 0 aromatic heterocycles. The number of thioether (sulfide) groups is 2. The van der Waals surface area contributed by atoms with Crippen molar-refractivity contribution in [1.82, 2.24) is 5.43 Å². The number of hydrogen-bond acceptors (Lipinski definition) is 4. The third kappa shape index (κ3) is 3.18. The van der Waals surface area contributed by atoms with Gasteiger partial charge in [0.15, 0.2) is 0 Å². The van der Waals surface area contributed by atoms with Crippen molar-refractivity contribution in [3.8, 4) is 0 Å². The first-order valence-electron chi connectivity index (χ1n) is 7.20. The van der Waals surface area contributed by atoms with Crippen LogP contribution in [0.4, 0.5) is 5.69 Å². The Bertz CT molecular complexity index is 503. The molecule has 20 heavy (non-hydrogen) atoms. The first-order valence-corrected chi connectivity index (χ1v) is 9.65. The summed E-state index contributed by atoms with van der Waals surface area (Å²) in [6, 6.07) is 8.80. The molecule has 4 heteroatoms. The van der Waals surface area contributed by atoms with Crippen LogP contribution in [0.1, 0.15) is 18.4 Å². The third-order valence-electron chi connectivity index (χ3n) is 3.96. The largest absolute Gasteiger partial charge is 0.304 e. The van der Waals surface area contributed by atoms with E-state index in [4.69, 9.17) is 0 Å². The normalized spacial score (nSPS) is 18.1. The van der Waals surface area contributed by atoms with Crippen molar-refractivity contribution in [2.45, 2.75) is 19.3 Å². The van der Waals surface area contributed by atoms with Gasteiger partial charge in [-0.1, -0.05) is 18.2 Å². The van der Waals surface area contributed by atoms with Crippen molar-refractivity contribution in [1.29, 1.82) is 0 Å². The van der Waals surface area contributed by atoms with Crippen LogP contribution in [-0.2, 0) is 6.42 Å². The molecular formula is C16H22N2S2. The van der Waals surface area contributed by atoms with Gasteiger partial charge in [-0.15, -0.1) is 23.5 Å². The minimum atomic E-state index is 0.900. The van der Waals surface area contributed by atoms with E-state index in [2.05, 4.69) is 47.2 Å². The second-order valence-corrected chi connectivity index (χ2v) is 7.39. The van der Waals surface area contributed by atoms with Crippen LogP contribution >= 0.6 is 23.5 Å². The Labute approximate surface area is 130 Å². The van der Waals surface area contributed by atoms with Crippen molar-refractivity contribution in [3.63, 3.8) is 0 Å². The van der Waals surface area contributed by atoms with Gasteiger partial charge in [-0.2, -0.15) is 0 Å². The second kappa shape index (κ2) is 6.46. The molecule has 2 aliphatic rings. The van der Waals surface area contributed by atoms with Crippen LogP contribution in [-0.4, -0.2) is 25.6 Å². The number of nitrogens with zero attached hydrogens (tertiary/aromatic N) is 1. The van der Waals surface area contributed by atoms with Gasteiger partial charge in [-0.3, -0.25) is 0 Å². The van der Waals surface area contributed by atoms with Crippen LogP contribution in [0.5, 0.6) is 0 Å². The molecule has 0 saturated heterocycles. The molecule has 1 aromatic rings. The van der Waals surface area contributed by atoms with Gasteiger partial charge >= 0.3 is 0 Å². The molecule has 0 unspecified atom stereocenters. The van der Waals surface area contributed by atoms with E-state index in [9.17, 15) is 0 Å². The maximum Gasteiger partial charge on any atom is 0.0577 e. The van der Waals surface area contributed by atoms with E-state index >= 15 is 0 Å². The molecule has 108 valence electrons. The second-order valence-electron chi connectivity index (χ2n) is 5.50. The SMILES string of the molecule is CSC(SC)=C1Cc2ccccc2N(NCC2CC2)C1. The van der Waals surface area contributed by atoms with Crippen LogP contribution < -0.4 is 10.4 Å². The number of nitrogens with one attached hydrogen (secondary N) is 1. The van der Waals surface area contributed by atoms with Crippen molar-refractivity contribution in [2.75, 3.05) is 30.6 Å². The average molecular weight is 307 g/mol. The summed E-state index contributed by atoms with van der Waals surface area (Å²) in [5.41, 5.74) is 8.00. The van der Waals surface area contributed by atoms with E-state index in [1.165, 1.54) is 28.3 Å². The number of para-hydroxylation sites is 1. The summed E-state index contributed by atoms with van der Waals surface area (Å²) < 4.78 is 1.47. The van der Waals surface area contributed by atoms with Crippen molar-refractivity contribution in [2.24, 2.45) is 5.92 Å². The van der Waals surface area contributed by atoms with Gasteiger partial charge in [0.2, 0.25) is 0 Å². The first-order chi connectivity index (χ1) is 9.81. The smallest absolute Gasteiger partial charge is 0.0577 e. The third-order valence-corrected chi connectivity index (χ3v) is 6.28. The Morgan fingerprint density at radius 3 is 2.70 bits per heavy atom. The van der Waals surface area contributed by atoms with E-state index in [1.54, 1.807) is 5.57 Å². The molecule has 1 aliphatic carbocycles. The van der Waals surface area contributed by atoms with Crippen LogP contribution in [0.3, 0.4) is 0 Å². The van der Waals surface area contributed by atoms with E-state index in [0.29, 0.717) is 0 Å². The minimum Gasteiger partial charge on any atom is -0.304 e. The zero-order valence-corrected chi connectivity index (χ0v) is 13.8. The monoisotopic (exact) mass is 306 g/mol. The number of anilines is 1. The standard InChI is InChI=1S/C16H22N2S2/c1-19-16(20-2)14-9-13-5-3-4-6-15(13)18(11-14)17-10-12-7-8-12/h3-6,12,17H,7-11H2,1-2H3. The molecule has 0 bridgehead atoms. The lowest BCUT2D eigenvalue weighted by atomic mass is 10.00. The Balaban J connectivity index is 1.85. The summed E-state index contributed by atoms with van der Waals surface area (Å²) >= 11 is 3.76. The molecular weight excluding hydrogens is 284 g/mol. The summed E-state index contributed by atoms with van der Waals surface area (Å²) in [4.78, 5) is 0. The molecule has 3 rings (SSSR count). The maximum atomic E-state index is 3.65. The lowest BCUT2D eigenvalue weighted by Crippen LogP contribution is -2.43. The molecule has 1 heterocycles. The first kappa shape index (κ1) is 14.4. The summed E-state index contributed by atoms with van der Waals surface area (Å²) in [6.07, 6.45) is 8.25. The lowest BCUT2D eigenvalue weighted by molar-refractivity contribution is 0.593. The van der Waals surface area contributed by atoms with E-state index in [0.717, 1.165) is 25.4 Å². The molecule has 0 radical (unpaired) electrons. The zero-order chi connectivity index (χ0) is 13.9. The Morgan fingerprint density at radius 1 is 1.25 bits per heavy atom. The topological polar surface area (TPSA) is 15.3 Å². The molecule has 0 amide bonds. The Hall–Kier alpha value is -0.580. The fraction of sp³-hybridized carbons (Fsp3) is 0.500. The highest BCUT2D eigenvalue weighted by atomic mass is 32.2. The summed E-state index contributed by atoms with van der Waals surface area (Å²) in [5.74, 6) is 0.900. The molecule has 2 nitrogen and oxygen atoms in total. The summed E-state index contributed by atoms with van der Waals surface area (Å²) in [7, 11) is 0. The van der Waals surface area contributed by atoms with Gasteiger partial charge in [0.05, 0.1) is 12.2 Å². The molecule has 1 aromatic carbocycles. The van der Waals surface area contributed by atoms with E-state index in [-0.39, 0.29) is 0 Å². The quantitative estimate of drug-likeness (QED) is 0.887. The maximum absolute atomic E-state index is 3.65. The minimum absolute atomic E-state index is 0.900.